The fourth-order valence-corrected chi connectivity index (χ4v) is 2.34. The van der Waals surface area contributed by atoms with Crippen LogP contribution >= 0.6 is 0 Å². The van der Waals surface area contributed by atoms with E-state index in [9.17, 15) is 9.59 Å². The molecule has 2 bridgehead atoms. The van der Waals surface area contributed by atoms with E-state index in [1.165, 1.54) is 0 Å². The molecule has 0 aliphatic heterocycles. The van der Waals surface area contributed by atoms with Gasteiger partial charge in [0.2, 0.25) is 0 Å². The third-order valence-corrected chi connectivity index (χ3v) is 3.12. The largest absolute Gasteiger partial charge is 0.481 e. The van der Waals surface area contributed by atoms with E-state index in [0.29, 0.717) is 5.92 Å². The van der Waals surface area contributed by atoms with Gasteiger partial charge in [0.15, 0.2) is 0 Å². The molecule has 3 atom stereocenters. The molecule has 0 aromatic heterocycles. The lowest BCUT2D eigenvalue weighted by Crippen LogP contribution is -2.22. The fourth-order valence-electron chi connectivity index (χ4n) is 2.34. The molecule has 88 valence electrons. The number of carboxylic acids is 1. The molecule has 5 nitrogen and oxygen atoms in total. The third kappa shape index (κ3) is 2.41. The van der Waals surface area contributed by atoms with E-state index in [-0.39, 0.29) is 30.8 Å². The molecule has 1 N–H and O–H groups in total. The summed E-state index contributed by atoms with van der Waals surface area (Å²) in [5.41, 5.74) is 0. The Morgan fingerprint density at radius 2 is 2.12 bits per heavy atom. The van der Waals surface area contributed by atoms with Crippen LogP contribution in [0.1, 0.15) is 19.3 Å². The molecule has 2 rings (SSSR count). The minimum absolute atomic E-state index is 0.0995. The molecule has 2 aliphatic carbocycles. The van der Waals surface area contributed by atoms with E-state index in [1.54, 1.807) is 0 Å². The zero-order valence-electron chi connectivity index (χ0n) is 8.80. The van der Waals surface area contributed by atoms with Crippen molar-refractivity contribution < 1.29 is 24.5 Å². The average molecular weight is 226 g/mol. The van der Waals surface area contributed by atoms with Crippen LogP contribution in [0.15, 0.2) is 12.2 Å². The van der Waals surface area contributed by atoms with Gasteiger partial charge in [-0.3, -0.25) is 9.68 Å². The van der Waals surface area contributed by atoms with Gasteiger partial charge in [0, 0.05) is 0 Å². The zero-order chi connectivity index (χ0) is 11.5. The second-order valence-electron chi connectivity index (χ2n) is 4.25. The van der Waals surface area contributed by atoms with E-state index in [2.05, 4.69) is 21.9 Å². The average Bonchev–Trinajstić information content (AvgIpc) is 2.85. The van der Waals surface area contributed by atoms with Gasteiger partial charge in [-0.15, -0.1) is 0 Å². The summed E-state index contributed by atoms with van der Waals surface area (Å²) >= 11 is 0. The predicted molar refractivity (Wildman–Crippen MR) is 53.1 cm³/mol. The molecular weight excluding hydrogens is 212 g/mol. The first kappa shape index (κ1) is 11.1. The topological polar surface area (TPSA) is 72.8 Å². The Morgan fingerprint density at radius 3 is 2.69 bits per heavy atom. The van der Waals surface area contributed by atoms with Crippen molar-refractivity contribution in [2.75, 3.05) is 6.61 Å². The molecule has 0 radical (unpaired) electrons. The van der Waals surface area contributed by atoms with Crippen molar-refractivity contribution in [2.24, 2.45) is 17.8 Å². The molecule has 0 spiro atoms. The molecule has 0 amide bonds. The van der Waals surface area contributed by atoms with Gasteiger partial charge in [0.1, 0.15) is 6.61 Å². The van der Waals surface area contributed by atoms with Crippen LogP contribution in [-0.2, 0) is 19.4 Å². The number of hydrogen-bond donors (Lipinski definition) is 1. The highest BCUT2D eigenvalue weighted by Crippen LogP contribution is 2.43. The van der Waals surface area contributed by atoms with Gasteiger partial charge in [-0.05, 0) is 24.7 Å². The van der Waals surface area contributed by atoms with E-state index >= 15 is 0 Å². The van der Waals surface area contributed by atoms with Crippen molar-refractivity contribution in [2.45, 2.75) is 19.3 Å². The van der Waals surface area contributed by atoms with Crippen molar-refractivity contribution in [1.82, 2.24) is 0 Å². The summed E-state index contributed by atoms with van der Waals surface area (Å²) < 4.78 is 0. The quantitative estimate of drug-likeness (QED) is 0.329. The van der Waals surface area contributed by atoms with E-state index in [4.69, 9.17) is 5.11 Å². The van der Waals surface area contributed by atoms with Gasteiger partial charge in [-0.1, -0.05) is 12.2 Å². The number of rotatable bonds is 5. The van der Waals surface area contributed by atoms with E-state index in [0.717, 1.165) is 12.8 Å². The summed E-state index contributed by atoms with van der Waals surface area (Å²) in [6, 6.07) is 0. The minimum atomic E-state index is -0.973. The third-order valence-electron chi connectivity index (χ3n) is 3.12. The van der Waals surface area contributed by atoms with Crippen LogP contribution < -0.4 is 0 Å². The SMILES string of the molecule is O=C(O)CCOOC(=O)C1CC2C=CC1C2. The highest BCUT2D eigenvalue weighted by molar-refractivity contribution is 5.73. The van der Waals surface area contributed by atoms with Crippen molar-refractivity contribution in [3.8, 4) is 0 Å². The van der Waals surface area contributed by atoms with Crippen molar-refractivity contribution in [1.29, 1.82) is 0 Å². The number of allylic oxidation sites excluding steroid dienone is 2. The van der Waals surface area contributed by atoms with Crippen LogP contribution in [-0.4, -0.2) is 23.7 Å². The normalized spacial score (nSPS) is 30.6. The molecule has 3 unspecified atom stereocenters. The van der Waals surface area contributed by atoms with Crippen LogP contribution in [0.25, 0.3) is 0 Å². The Balaban J connectivity index is 1.69. The van der Waals surface area contributed by atoms with Crippen molar-refractivity contribution >= 4 is 11.9 Å². The molecule has 2 aliphatic rings. The van der Waals surface area contributed by atoms with Gasteiger partial charge in [-0.2, -0.15) is 4.89 Å². The lowest BCUT2D eigenvalue weighted by atomic mass is 9.94. The van der Waals surface area contributed by atoms with Crippen molar-refractivity contribution in [3.05, 3.63) is 12.2 Å². The van der Waals surface area contributed by atoms with Gasteiger partial charge < -0.3 is 5.11 Å². The van der Waals surface area contributed by atoms with Crippen LogP contribution in [0.5, 0.6) is 0 Å². The predicted octanol–water partition coefficient (Wildman–Crippen LogP) is 1.15. The lowest BCUT2D eigenvalue weighted by Gasteiger charge is -2.14. The molecule has 1 fully saturated rings. The molecule has 16 heavy (non-hydrogen) atoms. The second-order valence-corrected chi connectivity index (χ2v) is 4.25. The maximum atomic E-state index is 11.6. The first-order valence-electron chi connectivity index (χ1n) is 5.40. The lowest BCUT2D eigenvalue weighted by molar-refractivity contribution is -0.276. The highest BCUT2D eigenvalue weighted by atomic mass is 17.2. The number of carboxylic acid groups (broad SMARTS) is 1. The number of hydrogen-bond acceptors (Lipinski definition) is 4. The van der Waals surface area contributed by atoms with Crippen LogP contribution in [0.4, 0.5) is 0 Å². The summed E-state index contributed by atoms with van der Waals surface area (Å²) in [6.07, 6.45) is 5.87. The zero-order valence-corrected chi connectivity index (χ0v) is 8.80. The standard InChI is InChI=1S/C11H14O5/c12-10(13)3-4-15-16-11(14)9-6-7-1-2-8(9)5-7/h1-2,7-9H,3-6H2,(H,12,13). The van der Waals surface area contributed by atoms with Gasteiger partial charge in [0.05, 0.1) is 12.3 Å². The maximum Gasteiger partial charge on any atom is 0.346 e. The molecule has 1 saturated carbocycles. The Bertz CT molecular complexity index is 322. The first-order chi connectivity index (χ1) is 7.66. The monoisotopic (exact) mass is 226 g/mol. The van der Waals surface area contributed by atoms with Gasteiger partial charge >= 0.3 is 11.9 Å². The Hall–Kier alpha value is -1.36. The summed E-state index contributed by atoms with van der Waals surface area (Å²) in [5, 5.41) is 8.35. The fraction of sp³-hybridized carbons (Fsp3) is 0.636. The molecule has 0 aromatic rings. The van der Waals surface area contributed by atoms with E-state index in [1.807, 2.05) is 0 Å². The minimum Gasteiger partial charge on any atom is -0.481 e. The summed E-state index contributed by atoms with van der Waals surface area (Å²) in [4.78, 5) is 30.9. The van der Waals surface area contributed by atoms with Crippen molar-refractivity contribution in [3.63, 3.8) is 0 Å². The Kier molecular flexibility index (Phi) is 3.24. The second kappa shape index (κ2) is 4.65. The van der Waals surface area contributed by atoms with Gasteiger partial charge in [0.25, 0.3) is 0 Å². The highest BCUT2D eigenvalue weighted by Gasteiger charge is 2.41. The molecule has 0 saturated heterocycles. The summed E-state index contributed by atoms with van der Waals surface area (Å²) in [6.45, 7) is -0.0995. The van der Waals surface area contributed by atoms with Crippen LogP contribution in [0.2, 0.25) is 0 Å². The summed E-state index contributed by atoms with van der Waals surface area (Å²) in [7, 11) is 0. The maximum absolute atomic E-state index is 11.6. The van der Waals surface area contributed by atoms with Crippen LogP contribution in [0.3, 0.4) is 0 Å². The number of aliphatic carboxylic acids is 1. The smallest absolute Gasteiger partial charge is 0.346 e. The first-order valence-corrected chi connectivity index (χ1v) is 5.40. The molecule has 0 heterocycles. The number of carbonyl (C=O) groups excluding carboxylic acids is 1. The molecule has 0 aromatic carbocycles. The van der Waals surface area contributed by atoms with E-state index < -0.39 is 5.97 Å². The van der Waals surface area contributed by atoms with Gasteiger partial charge in [-0.25, -0.2) is 4.79 Å². The summed E-state index contributed by atoms with van der Waals surface area (Å²) in [5.74, 6) is -0.678. The molecular formula is C11H14O5. The Morgan fingerprint density at radius 1 is 1.31 bits per heavy atom. The number of carbonyl (C=O) groups is 2. The number of fused-ring (bicyclic) bond motifs is 2. The molecule has 5 heteroatoms. The Labute approximate surface area is 93.0 Å². The van der Waals surface area contributed by atoms with Crippen LogP contribution in [0, 0.1) is 17.8 Å².